The highest BCUT2D eigenvalue weighted by Crippen LogP contribution is 2.23. The molecule has 0 radical (unpaired) electrons. The van der Waals surface area contributed by atoms with E-state index in [1.165, 1.54) is 5.56 Å². The number of rotatable bonds is 3. The van der Waals surface area contributed by atoms with Gasteiger partial charge in [-0.05, 0) is 35.9 Å². The van der Waals surface area contributed by atoms with Crippen molar-refractivity contribution >= 4 is 0 Å². The smallest absolute Gasteiger partial charge is 0.116 e. The van der Waals surface area contributed by atoms with Crippen LogP contribution >= 0.6 is 0 Å². The van der Waals surface area contributed by atoms with E-state index < -0.39 is 0 Å². The van der Waals surface area contributed by atoms with Crippen LogP contribution in [-0.2, 0) is 6.54 Å². The van der Waals surface area contributed by atoms with Gasteiger partial charge in [0.1, 0.15) is 5.75 Å². The van der Waals surface area contributed by atoms with E-state index in [4.69, 9.17) is 0 Å². The van der Waals surface area contributed by atoms with Gasteiger partial charge >= 0.3 is 0 Å². The molecule has 0 atom stereocenters. The van der Waals surface area contributed by atoms with E-state index in [0.29, 0.717) is 5.75 Å². The Bertz CT molecular complexity index is 462. The molecule has 0 heterocycles. The third-order valence-electron chi connectivity index (χ3n) is 2.51. The van der Waals surface area contributed by atoms with Crippen LogP contribution in [0.25, 0.3) is 11.1 Å². The van der Waals surface area contributed by atoms with Crippen molar-refractivity contribution in [2.24, 2.45) is 0 Å². The number of benzene rings is 2. The van der Waals surface area contributed by atoms with Crippen LogP contribution in [0.15, 0.2) is 48.5 Å². The minimum absolute atomic E-state index is 0.303. The van der Waals surface area contributed by atoms with Crippen molar-refractivity contribution in [1.82, 2.24) is 5.32 Å². The van der Waals surface area contributed by atoms with Crippen LogP contribution < -0.4 is 5.32 Å². The summed E-state index contributed by atoms with van der Waals surface area (Å²) in [6.45, 7) is 0.875. The van der Waals surface area contributed by atoms with Gasteiger partial charge in [-0.25, -0.2) is 0 Å². The van der Waals surface area contributed by atoms with Crippen LogP contribution in [0.5, 0.6) is 5.75 Å². The molecular weight excluding hydrogens is 198 g/mol. The molecular formula is C14H15NO. The highest BCUT2D eigenvalue weighted by molar-refractivity contribution is 5.65. The van der Waals surface area contributed by atoms with E-state index in [-0.39, 0.29) is 0 Å². The topological polar surface area (TPSA) is 32.3 Å². The fourth-order valence-electron chi connectivity index (χ4n) is 1.70. The Balaban J connectivity index is 2.27. The maximum Gasteiger partial charge on any atom is 0.116 e. The fourth-order valence-corrected chi connectivity index (χ4v) is 1.70. The van der Waals surface area contributed by atoms with E-state index in [1.807, 2.05) is 19.2 Å². The maximum atomic E-state index is 9.40. The van der Waals surface area contributed by atoms with Crippen LogP contribution in [-0.4, -0.2) is 12.2 Å². The molecule has 0 unspecified atom stereocenters. The minimum Gasteiger partial charge on any atom is -0.508 e. The zero-order valence-corrected chi connectivity index (χ0v) is 9.27. The number of nitrogens with one attached hydrogen (secondary N) is 1. The molecule has 0 bridgehead atoms. The second kappa shape index (κ2) is 4.81. The molecule has 2 N–H and O–H groups in total. The quantitative estimate of drug-likeness (QED) is 0.821. The lowest BCUT2D eigenvalue weighted by molar-refractivity contribution is 0.475. The summed E-state index contributed by atoms with van der Waals surface area (Å²) in [7, 11) is 1.93. The van der Waals surface area contributed by atoms with Gasteiger partial charge in [-0.3, -0.25) is 0 Å². The molecule has 0 aliphatic carbocycles. The molecule has 0 spiro atoms. The first-order valence-electron chi connectivity index (χ1n) is 5.32. The predicted octanol–water partition coefficient (Wildman–Crippen LogP) is 2.78. The van der Waals surface area contributed by atoms with Crippen LogP contribution in [0, 0.1) is 0 Å². The Morgan fingerprint density at radius 3 is 2.38 bits per heavy atom. The van der Waals surface area contributed by atoms with Gasteiger partial charge in [0.15, 0.2) is 0 Å². The van der Waals surface area contributed by atoms with Gasteiger partial charge in [0.2, 0.25) is 0 Å². The molecule has 0 aromatic heterocycles. The highest BCUT2D eigenvalue weighted by Gasteiger charge is 1.98. The molecule has 2 heteroatoms. The number of phenolic OH excluding ortho intramolecular Hbond substituents is 1. The molecule has 0 saturated heterocycles. The number of aromatic hydroxyl groups is 1. The first-order valence-corrected chi connectivity index (χ1v) is 5.32. The molecule has 2 rings (SSSR count). The lowest BCUT2D eigenvalue weighted by atomic mass is 10.0. The number of phenols is 1. The normalized spacial score (nSPS) is 10.3. The average molecular weight is 213 g/mol. The SMILES string of the molecule is CNCc1ccc(-c2cccc(O)c2)cc1. The third kappa shape index (κ3) is 2.41. The highest BCUT2D eigenvalue weighted by atomic mass is 16.3. The monoisotopic (exact) mass is 213 g/mol. The van der Waals surface area contributed by atoms with Crippen molar-refractivity contribution in [2.75, 3.05) is 7.05 Å². The summed E-state index contributed by atoms with van der Waals surface area (Å²) < 4.78 is 0. The fraction of sp³-hybridized carbons (Fsp3) is 0.143. The zero-order chi connectivity index (χ0) is 11.4. The zero-order valence-electron chi connectivity index (χ0n) is 9.27. The molecule has 2 nitrogen and oxygen atoms in total. The van der Waals surface area contributed by atoms with Crippen molar-refractivity contribution in [2.45, 2.75) is 6.54 Å². The summed E-state index contributed by atoms with van der Waals surface area (Å²) in [6, 6.07) is 15.6. The van der Waals surface area contributed by atoms with Crippen LogP contribution in [0.4, 0.5) is 0 Å². The largest absolute Gasteiger partial charge is 0.508 e. The second-order valence-electron chi connectivity index (χ2n) is 3.78. The van der Waals surface area contributed by atoms with E-state index in [1.54, 1.807) is 12.1 Å². The van der Waals surface area contributed by atoms with Crippen molar-refractivity contribution in [3.63, 3.8) is 0 Å². The molecule has 0 saturated carbocycles. The maximum absolute atomic E-state index is 9.40. The van der Waals surface area contributed by atoms with Crippen molar-refractivity contribution in [3.8, 4) is 16.9 Å². The second-order valence-corrected chi connectivity index (χ2v) is 3.78. The Morgan fingerprint density at radius 1 is 1.00 bits per heavy atom. The van der Waals surface area contributed by atoms with Crippen LogP contribution in [0.2, 0.25) is 0 Å². The summed E-state index contributed by atoms with van der Waals surface area (Å²) in [5.41, 5.74) is 3.41. The van der Waals surface area contributed by atoms with Crippen LogP contribution in [0.3, 0.4) is 0 Å². The Labute approximate surface area is 95.6 Å². The molecule has 0 fully saturated rings. The first-order chi connectivity index (χ1) is 7.79. The van der Waals surface area contributed by atoms with E-state index >= 15 is 0 Å². The summed E-state index contributed by atoms with van der Waals surface area (Å²) in [5.74, 6) is 0.303. The van der Waals surface area contributed by atoms with Gasteiger partial charge < -0.3 is 10.4 Å². The van der Waals surface area contributed by atoms with Gasteiger partial charge in [-0.2, -0.15) is 0 Å². The van der Waals surface area contributed by atoms with Crippen molar-refractivity contribution < 1.29 is 5.11 Å². The van der Waals surface area contributed by atoms with Crippen LogP contribution in [0.1, 0.15) is 5.56 Å². The summed E-state index contributed by atoms with van der Waals surface area (Å²) in [6.07, 6.45) is 0. The number of hydrogen-bond acceptors (Lipinski definition) is 2. The van der Waals surface area contributed by atoms with E-state index in [9.17, 15) is 5.11 Å². The van der Waals surface area contributed by atoms with Gasteiger partial charge in [0.25, 0.3) is 0 Å². The molecule has 0 amide bonds. The van der Waals surface area contributed by atoms with E-state index in [2.05, 4.69) is 29.6 Å². The Morgan fingerprint density at radius 2 is 1.75 bits per heavy atom. The van der Waals surface area contributed by atoms with Gasteiger partial charge in [-0.15, -0.1) is 0 Å². The Kier molecular flexibility index (Phi) is 3.22. The van der Waals surface area contributed by atoms with Gasteiger partial charge in [-0.1, -0.05) is 36.4 Å². The standard InChI is InChI=1S/C14H15NO/c1-15-10-11-5-7-12(8-6-11)13-3-2-4-14(16)9-13/h2-9,15-16H,10H2,1H3. The molecule has 2 aromatic rings. The molecule has 0 aliphatic heterocycles. The molecule has 0 aliphatic rings. The third-order valence-corrected chi connectivity index (χ3v) is 2.51. The average Bonchev–Trinajstić information content (AvgIpc) is 2.30. The summed E-state index contributed by atoms with van der Waals surface area (Å²) in [4.78, 5) is 0. The molecule has 16 heavy (non-hydrogen) atoms. The van der Waals surface area contributed by atoms with Gasteiger partial charge in [0, 0.05) is 6.54 Å². The van der Waals surface area contributed by atoms with Crippen molar-refractivity contribution in [1.29, 1.82) is 0 Å². The summed E-state index contributed by atoms with van der Waals surface area (Å²) in [5, 5.41) is 12.5. The summed E-state index contributed by atoms with van der Waals surface area (Å²) >= 11 is 0. The first kappa shape index (κ1) is 10.7. The van der Waals surface area contributed by atoms with Gasteiger partial charge in [0.05, 0.1) is 0 Å². The lowest BCUT2D eigenvalue weighted by Crippen LogP contribution is -2.04. The van der Waals surface area contributed by atoms with E-state index in [0.717, 1.165) is 17.7 Å². The molecule has 82 valence electrons. The predicted molar refractivity (Wildman–Crippen MR) is 66.3 cm³/mol. The number of hydrogen-bond donors (Lipinski definition) is 2. The molecule has 2 aromatic carbocycles. The minimum atomic E-state index is 0.303. The lowest BCUT2D eigenvalue weighted by Gasteiger charge is -2.04. The van der Waals surface area contributed by atoms with Crippen molar-refractivity contribution in [3.05, 3.63) is 54.1 Å². The Hall–Kier alpha value is -1.80.